The minimum Gasteiger partial charge on any atom is -0.351 e. The Labute approximate surface area is 169 Å². The number of allylic oxidation sites excluding steroid dienone is 1. The van der Waals surface area contributed by atoms with Gasteiger partial charge >= 0.3 is 6.18 Å². The van der Waals surface area contributed by atoms with Gasteiger partial charge in [-0.25, -0.2) is 0 Å². The van der Waals surface area contributed by atoms with E-state index in [1.54, 1.807) is 31.2 Å². The molecular formula is C19H15ClF3N3OS. The summed E-state index contributed by atoms with van der Waals surface area (Å²) in [4.78, 5) is 13.0. The molecule has 4 nitrogen and oxygen atoms in total. The SMILES string of the molecule is CC1=C(C(=O)Nc2ccccc2C(F)(F)F)C(c2ccccc2Cl)NC(=S)N1. The lowest BCUT2D eigenvalue weighted by Gasteiger charge is -2.31. The molecule has 1 aliphatic heterocycles. The van der Waals surface area contributed by atoms with Crippen LogP contribution in [0.1, 0.15) is 24.1 Å². The Balaban J connectivity index is 2.01. The van der Waals surface area contributed by atoms with Crippen molar-refractivity contribution in [2.45, 2.75) is 19.1 Å². The van der Waals surface area contributed by atoms with Gasteiger partial charge in [0.15, 0.2) is 5.11 Å². The van der Waals surface area contributed by atoms with Crippen molar-refractivity contribution < 1.29 is 18.0 Å². The van der Waals surface area contributed by atoms with Gasteiger partial charge in [-0.2, -0.15) is 13.2 Å². The van der Waals surface area contributed by atoms with Crippen LogP contribution in [-0.2, 0) is 11.0 Å². The van der Waals surface area contributed by atoms with Crippen LogP contribution in [0.2, 0.25) is 5.02 Å². The van der Waals surface area contributed by atoms with E-state index in [4.69, 9.17) is 23.8 Å². The van der Waals surface area contributed by atoms with Crippen LogP contribution in [0.4, 0.5) is 18.9 Å². The van der Waals surface area contributed by atoms with Crippen molar-refractivity contribution in [2.75, 3.05) is 5.32 Å². The van der Waals surface area contributed by atoms with E-state index in [2.05, 4.69) is 16.0 Å². The molecule has 1 heterocycles. The molecule has 0 saturated heterocycles. The number of alkyl halides is 3. The van der Waals surface area contributed by atoms with Gasteiger partial charge in [0.05, 0.1) is 22.9 Å². The maximum Gasteiger partial charge on any atom is 0.418 e. The van der Waals surface area contributed by atoms with E-state index >= 15 is 0 Å². The number of amides is 1. The number of rotatable bonds is 3. The van der Waals surface area contributed by atoms with Gasteiger partial charge in [0.2, 0.25) is 0 Å². The Hall–Kier alpha value is -2.58. The number of thiocarbonyl (C=S) groups is 1. The molecule has 0 radical (unpaired) electrons. The van der Waals surface area contributed by atoms with Crippen LogP contribution in [0.3, 0.4) is 0 Å². The second kappa shape index (κ2) is 7.81. The summed E-state index contributed by atoms with van der Waals surface area (Å²) in [5.74, 6) is -0.693. The third-order valence-electron chi connectivity index (χ3n) is 4.21. The third kappa shape index (κ3) is 4.13. The number of halogens is 4. The van der Waals surface area contributed by atoms with E-state index in [1.807, 2.05) is 0 Å². The zero-order chi connectivity index (χ0) is 20.5. The second-order valence-corrected chi connectivity index (χ2v) is 6.90. The number of carbonyl (C=O) groups excluding carboxylic acids is 1. The van der Waals surface area contributed by atoms with Crippen LogP contribution >= 0.6 is 23.8 Å². The molecule has 3 rings (SSSR count). The number of nitrogens with one attached hydrogen (secondary N) is 3. The molecule has 0 saturated carbocycles. The fraction of sp³-hybridized carbons (Fsp3) is 0.158. The lowest BCUT2D eigenvalue weighted by atomic mass is 9.94. The Morgan fingerprint density at radius 3 is 2.46 bits per heavy atom. The van der Waals surface area contributed by atoms with E-state index in [0.29, 0.717) is 16.3 Å². The summed E-state index contributed by atoms with van der Waals surface area (Å²) in [5.41, 5.74) is -0.0505. The molecule has 9 heteroatoms. The first-order valence-electron chi connectivity index (χ1n) is 8.18. The van der Waals surface area contributed by atoms with E-state index in [1.165, 1.54) is 18.2 Å². The molecule has 0 bridgehead atoms. The van der Waals surface area contributed by atoms with Gasteiger partial charge in [0.25, 0.3) is 5.91 Å². The summed E-state index contributed by atoms with van der Waals surface area (Å²) in [6.07, 6.45) is -4.60. The summed E-state index contributed by atoms with van der Waals surface area (Å²) >= 11 is 11.4. The van der Waals surface area contributed by atoms with Crippen LogP contribution in [0.15, 0.2) is 59.8 Å². The monoisotopic (exact) mass is 425 g/mol. The van der Waals surface area contributed by atoms with Gasteiger partial charge in [0.1, 0.15) is 0 Å². The maximum atomic E-state index is 13.2. The number of carbonyl (C=O) groups is 1. The molecule has 3 N–H and O–H groups in total. The summed E-state index contributed by atoms with van der Waals surface area (Å²) < 4.78 is 39.7. The Kier molecular flexibility index (Phi) is 5.62. The van der Waals surface area contributed by atoms with Crippen molar-refractivity contribution >= 4 is 40.5 Å². The first-order chi connectivity index (χ1) is 13.2. The van der Waals surface area contributed by atoms with Crippen molar-refractivity contribution in [3.8, 4) is 0 Å². The van der Waals surface area contributed by atoms with Crippen LogP contribution in [0.5, 0.6) is 0 Å². The van der Waals surface area contributed by atoms with Crippen LogP contribution in [0.25, 0.3) is 0 Å². The third-order valence-corrected chi connectivity index (χ3v) is 4.77. The molecule has 146 valence electrons. The van der Waals surface area contributed by atoms with Crippen molar-refractivity contribution in [2.24, 2.45) is 0 Å². The number of hydrogen-bond acceptors (Lipinski definition) is 2. The molecule has 0 fully saturated rings. The Morgan fingerprint density at radius 1 is 1.14 bits per heavy atom. The molecule has 0 aliphatic carbocycles. The van der Waals surface area contributed by atoms with Crippen molar-refractivity contribution in [3.05, 3.63) is 76.0 Å². The summed E-state index contributed by atoms with van der Waals surface area (Å²) in [5, 5.41) is 8.85. The first-order valence-corrected chi connectivity index (χ1v) is 8.97. The number of para-hydroxylation sites is 1. The highest BCUT2D eigenvalue weighted by Gasteiger charge is 2.35. The van der Waals surface area contributed by atoms with Gasteiger partial charge < -0.3 is 16.0 Å². The van der Waals surface area contributed by atoms with Gasteiger partial charge in [-0.3, -0.25) is 4.79 Å². The van der Waals surface area contributed by atoms with Crippen LogP contribution < -0.4 is 16.0 Å². The highest BCUT2D eigenvalue weighted by molar-refractivity contribution is 7.80. The van der Waals surface area contributed by atoms with Gasteiger partial charge in [-0.15, -0.1) is 0 Å². The molecule has 1 unspecified atom stereocenters. The highest BCUT2D eigenvalue weighted by Crippen LogP contribution is 2.36. The summed E-state index contributed by atoms with van der Waals surface area (Å²) in [6, 6.07) is 11.0. The van der Waals surface area contributed by atoms with Crippen molar-refractivity contribution in [1.29, 1.82) is 0 Å². The first kappa shape index (κ1) is 20.2. The van der Waals surface area contributed by atoms with Gasteiger partial charge in [0, 0.05) is 10.7 Å². The fourth-order valence-corrected chi connectivity index (χ4v) is 3.48. The lowest BCUT2D eigenvalue weighted by molar-refractivity contribution is -0.137. The van der Waals surface area contributed by atoms with E-state index < -0.39 is 23.7 Å². The van der Waals surface area contributed by atoms with E-state index in [0.717, 1.165) is 6.07 Å². The summed E-state index contributed by atoms with van der Waals surface area (Å²) in [6.45, 7) is 1.63. The van der Waals surface area contributed by atoms with Gasteiger partial charge in [-0.1, -0.05) is 41.9 Å². The minimum absolute atomic E-state index is 0.193. The molecule has 2 aromatic rings. The number of hydrogen-bond donors (Lipinski definition) is 3. The molecule has 28 heavy (non-hydrogen) atoms. The smallest absolute Gasteiger partial charge is 0.351 e. The largest absolute Gasteiger partial charge is 0.418 e. The maximum absolute atomic E-state index is 13.2. The van der Waals surface area contributed by atoms with Gasteiger partial charge in [-0.05, 0) is 42.9 Å². The van der Waals surface area contributed by atoms with Crippen molar-refractivity contribution in [1.82, 2.24) is 10.6 Å². The average Bonchev–Trinajstić information content (AvgIpc) is 2.61. The number of benzene rings is 2. The molecule has 0 aromatic heterocycles. The second-order valence-electron chi connectivity index (χ2n) is 6.09. The lowest BCUT2D eigenvalue weighted by Crippen LogP contribution is -2.45. The molecule has 1 atom stereocenters. The Bertz CT molecular complexity index is 975. The quantitative estimate of drug-likeness (QED) is 0.619. The summed E-state index contributed by atoms with van der Waals surface area (Å²) in [7, 11) is 0. The van der Waals surface area contributed by atoms with E-state index in [9.17, 15) is 18.0 Å². The molecule has 1 amide bonds. The number of anilines is 1. The van der Waals surface area contributed by atoms with Crippen molar-refractivity contribution in [3.63, 3.8) is 0 Å². The highest BCUT2D eigenvalue weighted by atomic mass is 35.5. The predicted molar refractivity (Wildman–Crippen MR) is 106 cm³/mol. The average molecular weight is 426 g/mol. The zero-order valence-electron chi connectivity index (χ0n) is 14.5. The standard InChI is InChI=1S/C19H15ClF3N3OS/c1-10-15(16(26-18(28)24-10)11-6-2-4-8-13(11)20)17(27)25-14-9-5-3-7-12(14)19(21,22)23/h2-9,16H,1H3,(H,25,27)(H2,24,26,28). The van der Waals surface area contributed by atoms with E-state index in [-0.39, 0.29) is 16.4 Å². The molecule has 0 spiro atoms. The molecular weight excluding hydrogens is 411 g/mol. The van der Waals surface area contributed by atoms with Crippen LogP contribution in [-0.4, -0.2) is 11.0 Å². The topological polar surface area (TPSA) is 53.2 Å². The zero-order valence-corrected chi connectivity index (χ0v) is 16.1. The normalized spacial score (nSPS) is 17.0. The van der Waals surface area contributed by atoms with Crippen LogP contribution in [0, 0.1) is 0 Å². The minimum atomic E-state index is -4.60. The Morgan fingerprint density at radius 2 is 1.79 bits per heavy atom. The molecule has 2 aromatic carbocycles. The fourth-order valence-electron chi connectivity index (χ4n) is 2.97. The molecule has 1 aliphatic rings. The predicted octanol–water partition coefficient (Wildman–Crippen LogP) is 4.79.